The Balaban J connectivity index is 1.79. The van der Waals surface area contributed by atoms with Gasteiger partial charge in [-0.25, -0.2) is 8.42 Å². The van der Waals surface area contributed by atoms with Crippen LogP contribution in [-0.4, -0.2) is 18.9 Å². The van der Waals surface area contributed by atoms with Crippen molar-refractivity contribution in [2.24, 2.45) is 17.8 Å². The zero-order chi connectivity index (χ0) is 14.8. The topological polar surface area (TPSA) is 51.2 Å². The molecular formula is C17H20O3S. The highest BCUT2D eigenvalue weighted by Crippen LogP contribution is 2.58. The molecule has 0 aromatic heterocycles. The first kappa shape index (κ1) is 13.5. The Morgan fingerprint density at radius 2 is 1.57 bits per heavy atom. The largest absolute Gasteiger partial charge is 0.299 e. The van der Waals surface area contributed by atoms with Crippen molar-refractivity contribution in [1.29, 1.82) is 0 Å². The number of benzene rings is 1. The van der Waals surface area contributed by atoms with Crippen molar-refractivity contribution in [3.8, 4) is 0 Å². The van der Waals surface area contributed by atoms with E-state index in [9.17, 15) is 13.2 Å². The number of hydrogen-bond donors (Lipinski definition) is 0. The van der Waals surface area contributed by atoms with Crippen molar-refractivity contribution in [3.63, 3.8) is 0 Å². The molecule has 3 nitrogen and oxygen atoms in total. The fourth-order valence-electron chi connectivity index (χ4n) is 4.97. The van der Waals surface area contributed by atoms with E-state index in [1.807, 2.05) is 19.1 Å². The third kappa shape index (κ3) is 1.78. The van der Waals surface area contributed by atoms with E-state index in [4.69, 9.17) is 0 Å². The molecule has 4 fully saturated rings. The summed E-state index contributed by atoms with van der Waals surface area (Å²) in [6.07, 6.45) is 3.69. The molecule has 2 atom stereocenters. The molecule has 4 saturated carbocycles. The van der Waals surface area contributed by atoms with Crippen molar-refractivity contribution in [1.82, 2.24) is 0 Å². The fraction of sp³-hybridized carbons (Fsp3) is 0.588. The van der Waals surface area contributed by atoms with Gasteiger partial charge in [-0.2, -0.15) is 0 Å². The number of hydrogen-bond acceptors (Lipinski definition) is 3. The highest BCUT2D eigenvalue weighted by molar-refractivity contribution is 7.92. The Morgan fingerprint density at radius 3 is 2.14 bits per heavy atom. The van der Waals surface area contributed by atoms with Crippen LogP contribution in [0.15, 0.2) is 29.2 Å². The minimum atomic E-state index is -3.35. The Kier molecular flexibility index (Phi) is 2.69. The van der Waals surface area contributed by atoms with Gasteiger partial charge < -0.3 is 0 Å². The van der Waals surface area contributed by atoms with Crippen molar-refractivity contribution < 1.29 is 13.2 Å². The van der Waals surface area contributed by atoms with Crippen LogP contribution in [0.3, 0.4) is 0 Å². The van der Waals surface area contributed by atoms with E-state index in [2.05, 4.69) is 0 Å². The predicted molar refractivity (Wildman–Crippen MR) is 79.7 cm³/mol. The normalized spacial score (nSPS) is 38.0. The fourth-order valence-corrected chi connectivity index (χ4v) is 7.26. The van der Waals surface area contributed by atoms with E-state index in [1.54, 1.807) is 12.1 Å². The first-order valence-corrected chi connectivity index (χ1v) is 9.25. The van der Waals surface area contributed by atoms with E-state index in [0.29, 0.717) is 29.4 Å². The molecular weight excluding hydrogens is 284 g/mol. The molecule has 1 aromatic rings. The maximum Gasteiger partial charge on any atom is 0.184 e. The first-order valence-electron chi connectivity index (χ1n) is 7.76. The summed E-state index contributed by atoms with van der Waals surface area (Å²) in [6, 6.07) is 7.17. The van der Waals surface area contributed by atoms with E-state index < -0.39 is 14.6 Å². The quantitative estimate of drug-likeness (QED) is 0.844. The minimum absolute atomic E-state index is 0.00327. The molecule has 4 bridgehead atoms. The smallest absolute Gasteiger partial charge is 0.184 e. The lowest BCUT2D eigenvalue weighted by Gasteiger charge is -2.54. The molecule has 112 valence electrons. The van der Waals surface area contributed by atoms with Gasteiger partial charge in [0.25, 0.3) is 0 Å². The number of aryl methyl sites for hydroxylation is 1. The minimum Gasteiger partial charge on any atom is -0.299 e. The second kappa shape index (κ2) is 4.19. The van der Waals surface area contributed by atoms with Crippen LogP contribution < -0.4 is 0 Å². The maximum atomic E-state index is 13.2. The maximum absolute atomic E-state index is 13.2. The third-order valence-corrected chi connectivity index (χ3v) is 8.37. The molecule has 0 aliphatic heterocycles. The Hall–Kier alpha value is -1.16. The second-order valence-corrected chi connectivity index (χ2v) is 9.59. The summed E-state index contributed by atoms with van der Waals surface area (Å²) in [5, 5.41) is 0. The van der Waals surface area contributed by atoms with E-state index in [0.717, 1.165) is 24.8 Å². The molecule has 21 heavy (non-hydrogen) atoms. The molecule has 4 aliphatic rings. The summed E-state index contributed by atoms with van der Waals surface area (Å²) in [5.74, 6) is 0.758. The van der Waals surface area contributed by atoms with Gasteiger partial charge in [-0.15, -0.1) is 0 Å². The molecule has 0 heterocycles. The van der Waals surface area contributed by atoms with Gasteiger partial charge in [-0.1, -0.05) is 17.7 Å². The van der Waals surface area contributed by atoms with Gasteiger partial charge in [0.2, 0.25) is 0 Å². The van der Waals surface area contributed by atoms with Gasteiger partial charge in [0.05, 0.1) is 9.64 Å². The van der Waals surface area contributed by atoms with Crippen LogP contribution in [0.4, 0.5) is 0 Å². The van der Waals surface area contributed by atoms with Crippen molar-refractivity contribution in [3.05, 3.63) is 29.8 Å². The summed E-state index contributed by atoms with van der Waals surface area (Å²) in [4.78, 5) is 12.7. The van der Waals surface area contributed by atoms with Gasteiger partial charge >= 0.3 is 0 Å². The number of rotatable bonds is 2. The molecule has 1 aromatic carbocycles. The molecule has 4 heteroatoms. The van der Waals surface area contributed by atoms with Gasteiger partial charge in [0.1, 0.15) is 5.78 Å². The molecule has 0 radical (unpaired) electrons. The highest BCUT2D eigenvalue weighted by atomic mass is 32.2. The van der Waals surface area contributed by atoms with Crippen LogP contribution in [-0.2, 0) is 14.6 Å². The Bertz CT molecular complexity index is 684. The van der Waals surface area contributed by atoms with Gasteiger partial charge in [0.15, 0.2) is 9.84 Å². The summed E-state index contributed by atoms with van der Waals surface area (Å²) >= 11 is 0. The van der Waals surface area contributed by atoms with Crippen molar-refractivity contribution in [2.45, 2.75) is 48.7 Å². The summed E-state index contributed by atoms with van der Waals surface area (Å²) < 4.78 is 25.7. The number of ketones is 1. The number of carbonyl (C=O) groups is 1. The number of Topliss-reactive ketones (excluding diaryl/α,β-unsaturated/α-hetero) is 1. The van der Waals surface area contributed by atoms with Crippen LogP contribution >= 0.6 is 0 Å². The Labute approximate surface area is 125 Å². The molecule has 0 N–H and O–H groups in total. The van der Waals surface area contributed by atoms with Crippen molar-refractivity contribution >= 4 is 15.6 Å². The molecule has 2 unspecified atom stereocenters. The number of sulfone groups is 1. The highest BCUT2D eigenvalue weighted by Gasteiger charge is 2.60. The molecule has 0 spiro atoms. The lowest BCUT2D eigenvalue weighted by molar-refractivity contribution is -0.138. The van der Waals surface area contributed by atoms with Crippen LogP contribution in [0.5, 0.6) is 0 Å². The molecule has 0 saturated heterocycles. The predicted octanol–water partition coefficient (Wildman–Crippen LogP) is 2.92. The molecule has 4 aliphatic carbocycles. The van der Waals surface area contributed by atoms with Crippen molar-refractivity contribution in [2.75, 3.05) is 0 Å². The lowest BCUT2D eigenvalue weighted by atomic mass is 9.55. The van der Waals surface area contributed by atoms with E-state index in [-0.39, 0.29) is 11.8 Å². The SMILES string of the molecule is Cc1ccc(S(=O)(=O)C23CC4CC(C2)C(=O)C(C4)C3)cc1. The summed E-state index contributed by atoms with van der Waals surface area (Å²) in [5.41, 5.74) is 1.06. The lowest BCUT2D eigenvalue weighted by Crippen LogP contribution is -2.58. The zero-order valence-corrected chi connectivity index (χ0v) is 13.0. The number of carbonyl (C=O) groups excluding carboxylic acids is 1. The summed E-state index contributed by atoms with van der Waals surface area (Å²) in [6.45, 7) is 1.96. The average Bonchev–Trinajstić information content (AvgIpc) is 2.44. The first-order chi connectivity index (χ1) is 9.91. The molecule has 0 amide bonds. The standard InChI is InChI=1S/C17H20O3S/c1-11-2-4-15(5-3-11)21(19,20)17-8-12-6-13(9-17)16(18)14(7-12)10-17/h2-5,12-14H,6-10H2,1H3. The Morgan fingerprint density at radius 1 is 1.00 bits per heavy atom. The van der Waals surface area contributed by atoms with E-state index in [1.165, 1.54) is 0 Å². The van der Waals surface area contributed by atoms with E-state index >= 15 is 0 Å². The monoisotopic (exact) mass is 304 g/mol. The molecule has 5 rings (SSSR count). The zero-order valence-electron chi connectivity index (χ0n) is 12.2. The van der Waals surface area contributed by atoms with Crippen LogP contribution in [0.1, 0.15) is 37.7 Å². The van der Waals surface area contributed by atoms with Gasteiger partial charge in [0, 0.05) is 11.8 Å². The summed E-state index contributed by atoms with van der Waals surface area (Å²) in [7, 11) is -3.35. The third-order valence-electron chi connectivity index (χ3n) is 5.84. The van der Waals surface area contributed by atoms with Crippen LogP contribution in [0.2, 0.25) is 0 Å². The second-order valence-electron chi connectivity index (χ2n) is 7.25. The van der Waals surface area contributed by atoms with Crippen LogP contribution in [0, 0.1) is 24.7 Å². The van der Waals surface area contributed by atoms with Gasteiger partial charge in [-0.3, -0.25) is 4.79 Å². The average molecular weight is 304 g/mol. The van der Waals surface area contributed by atoms with Crippen LogP contribution in [0.25, 0.3) is 0 Å². The van der Waals surface area contributed by atoms with Gasteiger partial charge in [-0.05, 0) is 57.1 Å².